The standard InChI is InChI=1S/C76H59N3/c1-3-54(2)77-75-50-36-65(63-32-46-71(47-33-63)78(67-38-24-59(25-39-67)55-16-8-4-9-17-55)68-40-26-60(27-41-68)56-18-10-5-11-19-56)52-73(75)74-53-66(37-51-76(74)77)64-34-48-72(49-35-64)79(69-42-28-61(29-43-69)57-20-12-6-13-21-57)70-44-30-62(31-45-70)58-22-14-7-15-23-58/h4-54H,3H2,1-2H3. The van der Waals surface area contributed by atoms with Gasteiger partial charge in [0.2, 0.25) is 0 Å². The van der Waals surface area contributed by atoms with Crippen LogP contribution in [-0.4, -0.2) is 4.57 Å². The number of aromatic nitrogens is 1. The number of rotatable bonds is 14. The van der Waals surface area contributed by atoms with Gasteiger partial charge < -0.3 is 14.4 Å². The Hall–Kier alpha value is -9.96. The fourth-order valence-electron chi connectivity index (χ4n) is 11.3. The van der Waals surface area contributed by atoms with Crippen LogP contribution in [0.15, 0.2) is 303 Å². The zero-order chi connectivity index (χ0) is 53.1. The van der Waals surface area contributed by atoms with Gasteiger partial charge in [-0.25, -0.2) is 0 Å². The molecular weight excluding hydrogens is 955 g/mol. The summed E-state index contributed by atoms with van der Waals surface area (Å²) in [5.74, 6) is 0. The quantitative estimate of drug-likeness (QED) is 0.108. The fourth-order valence-corrected chi connectivity index (χ4v) is 11.3. The zero-order valence-corrected chi connectivity index (χ0v) is 44.5. The molecule has 0 radical (unpaired) electrons. The van der Waals surface area contributed by atoms with Gasteiger partial charge in [-0.15, -0.1) is 0 Å². The summed E-state index contributed by atoms with van der Waals surface area (Å²) >= 11 is 0. The molecule has 3 heteroatoms. The van der Waals surface area contributed by atoms with Crippen LogP contribution in [0.25, 0.3) is 88.6 Å². The third kappa shape index (κ3) is 9.80. The number of anilines is 6. The Balaban J connectivity index is 0.837. The summed E-state index contributed by atoms with van der Waals surface area (Å²) in [6, 6.07) is 111. The van der Waals surface area contributed by atoms with Crippen LogP contribution in [0.2, 0.25) is 0 Å². The molecule has 1 unspecified atom stereocenters. The maximum Gasteiger partial charge on any atom is 0.0494 e. The third-order valence-electron chi connectivity index (χ3n) is 15.7. The average Bonchev–Trinajstić information content (AvgIpc) is 4.01. The number of benzene rings is 12. The highest BCUT2D eigenvalue weighted by Gasteiger charge is 2.19. The summed E-state index contributed by atoms with van der Waals surface area (Å²) in [4.78, 5) is 4.71. The molecule has 0 saturated heterocycles. The lowest BCUT2D eigenvalue weighted by Gasteiger charge is -2.26. The third-order valence-corrected chi connectivity index (χ3v) is 15.7. The second-order valence-electron chi connectivity index (χ2n) is 20.5. The minimum atomic E-state index is 0.333. The highest BCUT2D eigenvalue weighted by molar-refractivity contribution is 6.11. The van der Waals surface area contributed by atoms with Gasteiger partial charge in [0.05, 0.1) is 0 Å². The van der Waals surface area contributed by atoms with Gasteiger partial charge in [-0.2, -0.15) is 0 Å². The Morgan fingerprint density at radius 1 is 0.253 bits per heavy atom. The van der Waals surface area contributed by atoms with Crippen molar-refractivity contribution in [3.63, 3.8) is 0 Å². The summed E-state index contributed by atoms with van der Waals surface area (Å²) < 4.78 is 2.54. The molecule has 12 aromatic carbocycles. The molecule has 0 fully saturated rings. The first-order valence-corrected chi connectivity index (χ1v) is 27.5. The number of fused-ring (bicyclic) bond motifs is 3. The van der Waals surface area contributed by atoms with Crippen molar-refractivity contribution in [1.29, 1.82) is 0 Å². The van der Waals surface area contributed by atoms with Crippen LogP contribution in [0.4, 0.5) is 34.1 Å². The Kier molecular flexibility index (Phi) is 13.3. The first kappa shape index (κ1) is 48.7. The second-order valence-corrected chi connectivity index (χ2v) is 20.5. The van der Waals surface area contributed by atoms with Crippen molar-refractivity contribution < 1.29 is 0 Å². The van der Waals surface area contributed by atoms with Crippen molar-refractivity contribution in [2.24, 2.45) is 0 Å². The fraction of sp³-hybridized carbons (Fsp3) is 0.0526. The van der Waals surface area contributed by atoms with E-state index in [1.54, 1.807) is 0 Å². The lowest BCUT2D eigenvalue weighted by Crippen LogP contribution is -2.09. The molecule has 1 heterocycles. The van der Waals surface area contributed by atoms with Crippen molar-refractivity contribution in [3.8, 4) is 66.8 Å². The molecule has 0 N–H and O–H groups in total. The van der Waals surface area contributed by atoms with Gasteiger partial charge >= 0.3 is 0 Å². The minimum Gasteiger partial charge on any atom is -0.338 e. The van der Waals surface area contributed by atoms with Crippen LogP contribution >= 0.6 is 0 Å². The molecule has 0 aliphatic heterocycles. The second kappa shape index (κ2) is 21.6. The molecule has 13 rings (SSSR count). The van der Waals surface area contributed by atoms with Gasteiger partial charge in [0.1, 0.15) is 0 Å². The SMILES string of the molecule is CCC(C)n1c2ccc(-c3ccc(N(c4ccc(-c5ccccc5)cc4)c4ccc(-c5ccccc5)cc4)cc3)cc2c2cc(-c3ccc(N(c4ccc(-c5ccccc5)cc4)c4ccc(-c5ccccc5)cc4)cc3)ccc21. The maximum absolute atomic E-state index is 2.54. The van der Waals surface area contributed by atoms with E-state index in [1.807, 2.05) is 0 Å². The number of hydrogen-bond donors (Lipinski definition) is 0. The molecule has 79 heavy (non-hydrogen) atoms. The Morgan fingerprint density at radius 3 is 0.684 bits per heavy atom. The van der Waals surface area contributed by atoms with Gasteiger partial charge in [0, 0.05) is 62.0 Å². The molecule has 13 aromatic rings. The van der Waals surface area contributed by atoms with Gasteiger partial charge in [-0.05, 0) is 177 Å². The first-order chi connectivity index (χ1) is 39.0. The largest absolute Gasteiger partial charge is 0.338 e. The highest BCUT2D eigenvalue weighted by atomic mass is 15.1. The predicted octanol–water partition coefficient (Wildman–Crippen LogP) is 21.7. The molecule has 3 nitrogen and oxygen atoms in total. The maximum atomic E-state index is 2.54. The van der Waals surface area contributed by atoms with Gasteiger partial charge in [0.25, 0.3) is 0 Å². The smallest absolute Gasteiger partial charge is 0.0494 e. The van der Waals surface area contributed by atoms with Crippen LogP contribution in [0.1, 0.15) is 26.3 Å². The molecular formula is C76H59N3. The topological polar surface area (TPSA) is 11.4 Å². The Bertz CT molecular complexity index is 3720. The summed E-state index contributed by atoms with van der Waals surface area (Å²) in [5.41, 5.74) is 23.4. The zero-order valence-electron chi connectivity index (χ0n) is 44.5. The molecule has 0 aliphatic carbocycles. The predicted molar refractivity (Wildman–Crippen MR) is 336 cm³/mol. The molecule has 378 valence electrons. The summed E-state index contributed by atoms with van der Waals surface area (Å²) in [6.45, 7) is 4.62. The Labute approximate surface area is 464 Å². The van der Waals surface area contributed by atoms with Crippen molar-refractivity contribution in [2.45, 2.75) is 26.3 Å². The van der Waals surface area contributed by atoms with Crippen molar-refractivity contribution in [2.75, 3.05) is 9.80 Å². The first-order valence-electron chi connectivity index (χ1n) is 27.5. The normalized spacial score (nSPS) is 11.7. The summed E-state index contributed by atoms with van der Waals surface area (Å²) in [5, 5.41) is 2.52. The monoisotopic (exact) mass is 1010 g/mol. The van der Waals surface area contributed by atoms with Crippen molar-refractivity contribution >= 4 is 55.9 Å². The van der Waals surface area contributed by atoms with Crippen molar-refractivity contribution in [3.05, 3.63) is 303 Å². The van der Waals surface area contributed by atoms with E-state index in [1.165, 1.54) is 88.6 Å². The van der Waals surface area contributed by atoms with E-state index in [9.17, 15) is 0 Å². The van der Waals surface area contributed by atoms with E-state index < -0.39 is 0 Å². The van der Waals surface area contributed by atoms with Crippen LogP contribution in [0.3, 0.4) is 0 Å². The van der Waals surface area contributed by atoms with E-state index in [0.29, 0.717) is 6.04 Å². The van der Waals surface area contributed by atoms with Crippen molar-refractivity contribution in [1.82, 2.24) is 4.57 Å². The van der Waals surface area contributed by atoms with Crippen LogP contribution in [-0.2, 0) is 0 Å². The molecule has 0 aliphatic rings. The molecule has 0 saturated carbocycles. The average molecular weight is 1010 g/mol. The van der Waals surface area contributed by atoms with Gasteiger partial charge in [-0.1, -0.05) is 213 Å². The molecule has 0 amide bonds. The van der Waals surface area contributed by atoms with Crippen LogP contribution in [0, 0.1) is 0 Å². The lowest BCUT2D eigenvalue weighted by atomic mass is 9.99. The minimum absolute atomic E-state index is 0.333. The van der Waals surface area contributed by atoms with E-state index in [4.69, 9.17) is 0 Å². The molecule has 0 spiro atoms. The van der Waals surface area contributed by atoms with E-state index >= 15 is 0 Å². The summed E-state index contributed by atoms with van der Waals surface area (Å²) in [7, 11) is 0. The molecule has 1 aromatic heterocycles. The summed E-state index contributed by atoms with van der Waals surface area (Å²) in [6.07, 6.45) is 1.03. The number of nitrogens with zero attached hydrogens (tertiary/aromatic N) is 3. The van der Waals surface area contributed by atoms with Gasteiger partial charge in [-0.3, -0.25) is 0 Å². The Morgan fingerprint density at radius 2 is 0.456 bits per heavy atom. The van der Waals surface area contributed by atoms with E-state index in [0.717, 1.165) is 40.5 Å². The van der Waals surface area contributed by atoms with E-state index in [2.05, 4.69) is 332 Å². The molecule has 1 atom stereocenters. The number of hydrogen-bond acceptors (Lipinski definition) is 2. The van der Waals surface area contributed by atoms with E-state index in [-0.39, 0.29) is 0 Å². The van der Waals surface area contributed by atoms with Crippen LogP contribution < -0.4 is 9.80 Å². The van der Waals surface area contributed by atoms with Gasteiger partial charge in [0.15, 0.2) is 0 Å². The van der Waals surface area contributed by atoms with Crippen LogP contribution in [0.5, 0.6) is 0 Å². The molecule has 0 bridgehead atoms. The lowest BCUT2D eigenvalue weighted by molar-refractivity contribution is 0.563. The highest BCUT2D eigenvalue weighted by Crippen LogP contribution is 2.42.